The Bertz CT molecular complexity index is 1340. The van der Waals surface area contributed by atoms with E-state index in [0.29, 0.717) is 17.0 Å². The SMILES string of the molecule is C=C(C)c1ccc(CC(C)=N/C(C)=c2/c(O)c(CC)[nH]c2=C)cc1N=C(C)C.CCC1C(CC)C1NC.CCCC(C)CCC. The van der Waals surface area contributed by atoms with Gasteiger partial charge >= 0.3 is 0 Å². The number of hydrogen-bond acceptors (Lipinski definition) is 4. The van der Waals surface area contributed by atoms with E-state index in [1.165, 1.54) is 38.5 Å². The van der Waals surface area contributed by atoms with Crippen molar-refractivity contribution >= 4 is 35.0 Å². The summed E-state index contributed by atoms with van der Waals surface area (Å²) in [6, 6.07) is 7.11. The van der Waals surface area contributed by atoms with Crippen LogP contribution in [0.4, 0.5) is 5.69 Å². The van der Waals surface area contributed by atoms with Gasteiger partial charge in [0.2, 0.25) is 0 Å². The Hall–Kier alpha value is -2.92. The Balaban J connectivity index is 0.000000483. The highest BCUT2D eigenvalue weighted by atomic mass is 16.3. The van der Waals surface area contributed by atoms with Crippen LogP contribution in [0.1, 0.15) is 132 Å². The predicted molar refractivity (Wildman–Crippen MR) is 201 cm³/mol. The molecule has 3 N–H and O–H groups in total. The van der Waals surface area contributed by atoms with Gasteiger partial charge in [0.1, 0.15) is 5.75 Å². The number of aromatic amines is 1. The summed E-state index contributed by atoms with van der Waals surface area (Å²) in [6.07, 6.45) is 9.65. The molecule has 1 heterocycles. The van der Waals surface area contributed by atoms with Gasteiger partial charge in [-0.15, -0.1) is 0 Å². The number of aliphatic imine (C=N–C) groups is 2. The Morgan fingerprint density at radius 3 is 1.96 bits per heavy atom. The molecule has 0 radical (unpaired) electrons. The van der Waals surface area contributed by atoms with Crippen molar-refractivity contribution in [2.75, 3.05) is 7.05 Å². The molecule has 0 bridgehead atoms. The highest BCUT2D eigenvalue weighted by Crippen LogP contribution is 2.43. The van der Waals surface area contributed by atoms with Crippen molar-refractivity contribution in [3.05, 3.63) is 52.2 Å². The molecule has 252 valence electrons. The van der Waals surface area contributed by atoms with Crippen molar-refractivity contribution in [1.29, 1.82) is 0 Å². The summed E-state index contributed by atoms with van der Waals surface area (Å²) in [5.74, 6) is 3.19. The molecule has 2 unspecified atom stereocenters. The van der Waals surface area contributed by atoms with E-state index in [-0.39, 0.29) is 5.75 Å². The molecule has 5 nitrogen and oxygen atoms in total. The summed E-state index contributed by atoms with van der Waals surface area (Å²) in [7, 11) is 2.07. The van der Waals surface area contributed by atoms with Crippen molar-refractivity contribution in [1.82, 2.24) is 10.3 Å². The predicted octanol–water partition coefficient (Wildman–Crippen LogP) is 9.53. The molecule has 1 aliphatic rings. The van der Waals surface area contributed by atoms with Gasteiger partial charge in [-0.3, -0.25) is 9.98 Å². The van der Waals surface area contributed by atoms with Gasteiger partial charge in [0, 0.05) is 34.8 Å². The number of nitrogens with zero attached hydrogens (tertiary/aromatic N) is 2. The van der Waals surface area contributed by atoms with Crippen LogP contribution >= 0.6 is 0 Å². The fourth-order valence-corrected chi connectivity index (χ4v) is 6.42. The van der Waals surface area contributed by atoms with Gasteiger partial charge in [0.05, 0.1) is 22.3 Å². The van der Waals surface area contributed by atoms with Crippen LogP contribution in [0.15, 0.2) is 34.8 Å². The molecule has 2 atom stereocenters. The van der Waals surface area contributed by atoms with E-state index < -0.39 is 0 Å². The Kier molecular flexibility index (Phi) is 18.1. The number of nitrogens with one attached hydrogen (secondary N) is 2. The van der Waals surface area contributed by atoms with Crippen LogP contribution < -0.4 is 15.9 Å². The van der Waals surface area contributed by atoms with Crippen LogP contribution in [0.2, 0.25) is 0 Å². The largest absolute Gasteiger partial charge is 0.505 e. The molecule has 3 rings (SSSR count). The third-order valence-corrected chi connectivity index (χ3v) is 8.70. The highest BCUT2D eigenvalue weighted by Gasteiger charge is 2.45. The number of hydrogen-bond donors (Lipinski definition) is 3. The number of H-pyrrole nitrogens is 1. The standard InChI is InChI=1S/C24H31N3O.C8H17N.C8H18/c1-9-21-24(28)23(18(8)27-21)17(7)26-16(6)12-19-10-11-20(14(2)3)22(13-19)25-15(4)5;1-4-6-7(5-2)8(6)9-3;1-4-6-8(3)7-5-2/h10-11,13,27-28H,2,8-9,12H2,1,3-7H3;6-9H,4-5H2,1-3H3;8H,4-7H2,1-3H3/b23-17+,26-16?;;. The first kappa shape index (κ1) is 40.1. The second-order valence-electron chi connectivity index (χ2n) is 13.1. The van der Waals surface area contributed by atoms with E-state index in [4.69, 9.17) is 4.99 Å². The molecule has 0 aliphatic heterocycles. The quantitative estimate of drug-likeness (QED) is 0.196. The smallest absolute Gasteiger partial charge is 0.145 e. The molecule has 45 heavy (non-hydrogen) atoms. The molecule has 1 aromatic carbocycles. The van der Waals surface area contributed by atoms with Gasteiger partial charge < -0.3 is 15.4 Å². The fraction of sp³-hybridized carbons (Fsp3) is 0.600. The number of rotatable bonds is 13. The zero-order valence-corrected chi connectivity index (χ0v) is 31.0. The molecule has 1 saturated carbocycles. The Labute approximate surface area is 276 Å². The monoisotopic (exact) mass is 619 g/mol. The van der Waals surface area contributed by atoms with Crippen LogP contribution in [-0.2, 0) is 12.8 Å². The van der Waals surface area contributed by atoms with E-state index in [0.717, 1.165) is 75.4 Å². The third-order valence-electron chi connectivity index (χ3n) is 8.70. The first-order chi connectivity index (χ1) is 21.3. The number of aromatic nitrogens is 1. The molecule has 0 saturated heterocycles. The van der Waals surface area contributed by atoms with E-state index in [2.05, 4.69) is 88.3 Å². The molecule has 2 aromatic rings. The average Bonchev–Trinajstić information content (AvgIpc) is 3.60. The number of aryl methyl sites for hydroxylation is 1. The van der Waals surface area contributed by atoms with Gasteiger partial charge in [-0.1, -0.05) is 105 Å². The fourth-order valence-electron chi connectivity index (χ4n) is 6.42. The van der Waals surface area contributed by atoms with E-state index >= 15 is 0 Å². The normalized spacial score (nSPS) is 18.0. The summed E-state index contributed by atoms with van der Waals surface area (Å²) in [5.41, 5.74) is 7.66. The van der Waals surface area contributed by atoms with Gasteiger partial charge in [0.15, 0.2) is 0 Å². The molecule has 0 amide bonds. The average molecular weight is 619 g/mol. The van der Waals surface area contributed by atoms with Crippen molar-refractivity contribution in [2.45, 2.75) is 134 Å². The summed E-state index contributed by atoms with van der Waals surface area (Å²) >= 11 is 0. The van der Waals surface area contributed by atoms with Crippen molar-refractivity contribution in [2.24, 2.45) is 27.7 Å². The summed E-state index contributed by atoms with van der Waals surface area (Å²) in [4.78, 5) is 12.5. The van der Waals surface area contributed by atoms with Crippen LogP contribution in [0.5, 0.6) is 5.75 Å². The molecule has 1 aromatic heterocycles. The Morgan fingerprint density at radius 2 is 1.56 bits per heavy atom. The highest BCUT2D eigenvalue weighted by molar-refractivity contribution is 5.89. The van der Waals surface area contributed by atoms with Crippen molar-refractivity contribution in [3.8, 4) is 5.75 Å². The topological polar surface area (TPSA) is 72.8 Å². The van der Waals surface area contributed by atoms with Gasteiger partial charge in [-0.25, -0.2) is 0 Å². The first-order valence-electron chi connectivity index (χ1n) is 17.4. The molecule has 0 spiro atoms. The second kappa shape index (κ2) is 20.3. The number of allylic oxidation sites excluding steroid dienone is 1. The van der Waals surface area contributed by atoms with Crippen LogP contribution in [0, 0.1) is 17.8 Å². The summed E-state index contributed by atoms with van der Waals surface area (Å²) in [5, 5.41) is 15.1. The zero-order valence-electron chi connectivity index (χ0n) is 31.0. The molecule has 1 fully saturated rings. The van der Waals surface area contributed by atoms with E-state index in [1.807, 2.05) is 41.5 Å². The summed E-state index contributed by atoms with van der Waals surface area (Å²) < 4.78 is 0. The lowest BCUT2D eigenvalue weighted by Crippen LogP contribution is -2.22. The lowest BCUT2D eigenvalue weighted by atomic mass is 10.0. The maximum Gasteiger partial charge on any atom is 0.145 e. The minimum atomic E-state index is 0.252. The number of aromatic hydroxyl groups is 1. The second-order valence-corrected chi connectivity index (χ2v) is 13.1. The lowest BCUT2D eigenvalue weighted by Gasteiger charge is -2.09. The first-order valence-corrected chi connectivity index (χ1v) is 17.4. The molecular formula is C40H66N4O. The van der Waals surface area contributed by atoms with Crippen LogP contribution in [0.25, 0.3) is 17.8 Å². The maximum absolute atomic E-state index is 10.4. The zero-order chi connectivity index (χ0) is 34.3. The minimum Gasteiger partial charge on any atom is -0.505 e. The molecular weight excluding hydrogens is 552 g/mol. The lowest BCUT2D eigenvalue weighted by molar-refractivity contribution is 0.465. The van der Waals surface area contributed by atoms with Crippen molar-refractivity contribution < 1.29 is 5.11 Å². The van der Waals surface area contributed by atoms with Crippen LogP contribution in [-0.4, -0.2) is 34.6 Å². The van der Waals surface area contributed by atoms with Gasteiger partial charge in [-0.2, -0.15) is 0 Å². The molecule has 5 heteroatoms. The minimum absolute atomic E-state index is 0.252. The van der Waals surface area contributed by atoms with E-state index in [1.54, 1.807) is 0 Å². The summed E-state index contributed by atoms with van der Waals surface area (Å²) in [6.45, 7) is 31.3. The van der Waals surface area contributed by atoms with Crippen molar-refractivity contribution in [3.63, 3.8) is 0 Å². The maximum atomic E-state index is 10.4. The van der Waals surface area contributed by atoms with Gasteiger partial charge in [-0.05, 0) is 83.0 Å². The van der Waals surface area contributed by atoms with Crippen LogP contribution in [0.3, 0.4) is 0 Å². The van der Waals surface area contributed by atoms with E-state index in [9.17, 15) is 5.11 Å². The number of benzene rings is 1. The molecule has 1 aliphatic carbocycles. The third kappa shape index (κ3) is 12.8. The van der Waals surface area contributed by atoms with Gasteiger partial charge in [0.25, 0.3) is 0 Å². The Morgan fingerprint density at radius 1 is 0.978 bits per heavy atom.